The van der Waals surface area contributed by atoms with Gasteiger partial charge in [0.2, 0.25) is 0 Å². The molecule has 0 saturated carbocycles. The Morgan fingerprint density at radius 2 is 2.19 bits per heavy atom. The summed E-state index contributed by atoms with van der Waals surface area (Å²) in [6.45, 7) is 4.79. The topological polar surface area (TPSA) is 48.5 Å². The maximum absolute atomic E-state index is 6.29. The molecule has 3 heterocycles. The molecule has 6 heteroatoms. The molecule has 0 N–H and O–H groups in total. The molecular weight excluding hydrogens is 286 g/mol. The van der Waals surface area contributed by atoms with Crippen LogP contribution in [0, 0.1) is 6.92 Å². The first-order chi connectivity index (χ1) is 10.1. The zero-order chi connectivity index (χ0) is 15.0. The number of rotatable bonds is 4. The van der Waals surface area contributed by atoms with E-state index in [4.69, 9.17) is 11.6 Å². The Kier molecular flexibility index (Phi) is 3.68. The molecule has 0 aliphatic heterocycles. The number of fused-ring (bicyclic) bond motifs is 1. The van der Waals surface area contributed by atoms with Gasteiger partial charge in [0, 0.05) is 26.0 Å². The van der Waals surface area contributed by atoms with Gasteiger partial charge in [-0.2, -0.15) is 5.10 Å². The van der Waals surface area contributed by atoms with Crippen molar-refractivity contribution in [2.75, 3.05) is 0 Å². The zero-order valence-electron chi connectivity index (χ0n) is 12.4. The van der Waals surface area contributed by atoms with Gasteiger partial charge in [0.15, 0.2) is 5.65 Å². The quantitative estimate of drug-likeness (QED) is 0.696. The molecule has 0 aliphatic rings. The fourth-order valence-electron chi connectivity index (χ4n) is 2.52. The summed E-state index contributed by atoms with van der Waals surface area (Å²) in [5.41, 5.74) is 4.16. The van der Waals surface area contributed by atoms with Gasteiger partial charge < -0.3 is 4.57 Å². The Morgan fingerprint density at radius 3 is 2.86 bits per heavy atom. The molecular formula is C15H18ClN5. The SMILES string of the molecule is Cc1ccnc2c1nc(C(C)Cl)n2CCc1cnn(C)c1. The number of aromatic nitrogens is 5. The van der Waals surface area contributed by atoms with Gasteiger partial charge in [0.25, 0.3) is 0 Å². The first kappa shape index (κ1) is 14.1. The standard InChI is InChI=1S/C15H18ClN5/c1-10-4-6-17-15-13(10)19-14(11(2)16)21(15)7-5-12-8-18-20(3)9-12/h4,6,8-9,11H,5,7H2,1-3H3. The van der Waals surface area contributed by atoms with E-state index in [2.05, 4.69) is 19.6 Å². The van der Waals surface area contributed by atoms with Gasteiger partial charge in [0.05, 0.1) is 11.6 Å². The lowest BCUT2D eigenvalue weighted by atomic mass is 10.2. The highest BCUT2D eigenvalue weighted by Gasteiger charge is 2.17. The van der Waals surface area contributed by atoms with Crippen LogP contribution in [0.5, 0.6) is 0 Å². The molecule has 3 rings (SSSR count). The molecule has 0 saturated heterocycles. The third-order valence-electron chi connectivity index (χ3n) is 3.60. The van der Waals surface area contributed by atoms with Crippen LogP contribution in [0.1, 0.15) is 29.3 Å². The van der Waals surface area contributed by atoms with E-state index in [1.165, 1.54) is 5.56 Å². The second kappa shape index (κ2) is 5.48. The highest BCUT2D eigenvalue weighted by molar-refractivity contribution is 6.20. The van der Waals surface area contributed by atoms with E-state index in [1.807, 2.05) is 50.2 Å². The zero-order valence-corrected chi connectivity index (χ0v) is 13.2. The summed E-state index contributed by atoms with van der Waals surface area (Å²) in [6, 6.07) is 1.98. The summed E-state index contributed by atoms with van der Waals surface area (Å²) in [5, 5.41) is 4.05. The normalized spacial score (nSPS) is 13.0. The molecule has 110 valence electrons. The largest absolute Gasteiger partial charge is 0.311 e. The molecule has 0 aromatic carbocycles. The number of nitrogens with zero attached hydrogens (tertiary/aromatic N) is 5. The fourth-order valence-corrected chi connectivity index (χ4v) is 2.69. The Labute approximate surface area is 128 Å². The molecule has 3 aromatic heterocycles. The maximum atomic E-state index is 6.29. The van der Waals surface area contributed by atoms with Crippen LogP contribution in [0.4, 0.5) is 0 Å². The van der Waals surface area contributed by atoms with Gasteiger partial charge in [-0.25, -0.2) is 9.97 Å². The van der Waals surface area contributed by atoms with Crippen molar-refractivity contribution in [2.24, 2.45) is 7.05 Å². The van der Waals surface area contributed by atoms with Crippen molar-refractivity contribution in [2.45, 2.75) is 32.2 Å². The van der Waals surface area contributed by atoms with Crippen molar-refractivity contribution in [3.63, 3.8) is 0 Å². The summed E-state index contributed by atoms with van der Waals surface area (Å²) in [5.74, 6) is 0.873. The van der Waals surface area contributed by atoms with E-state index >= 15 is 0 Å². The molecule has 21 heavy (non-hydrogen) atoms. The van der Waals surface area contributed by atoms with E-state index < -0.39 is 0 Å². The molecule has 0 bridgehead atoms. The molecule has 0 radical (unpaired) electrons. The predicted octanol–water partition coefficient (Wildman–Crippen LogP) is 3.02. The minimum atomic E-state index is -0.146. The van der Waals surface area contributed by atoms with Crippen LogP contribution >= 0.6 is 11.6 Å². The van der Waals surface area contributed by atoms with Crippen LogP contribution in [0.15, 0.2) is 24.7 Å². The lowest BCUT2D eigenvalue weighted by Crippen LogP contribution is -2.07. The van der Waals surface area contributed by atoms with Crippen molar-refractivity contribution < 1.29 is 0 Å². The van der Waals surface area contributed by atoms with Crippen molar-refractivity contribution in [1.29, 1.82) is 0 Å². The highest BCUT2D eigenvalue weighted by Crippen LogP contribution is 2.25. The average molecular weight is 304 g/mol. The predicted molar refractivity (Wildman–Crippen MR) is 83.4 cm³/mol. The number of hydrogen-bond acceptors (Lipinski definition) is 3. The number of halogens is 1. The monoisotopic (exact) mass is 303 g/mol. The van der Waals surface area contributed by atoms with Gasteiger partial charge in [-0.1, -0.05) is 0 Å². The van der Waals surface area contributed by atoms with Crippen molar-refractivity contribution >= 4 is 22.8 Å². The van der Waals surface area contributed by atoms with Gasteiger partial charge in [-0.05, 0) is 37.5 Å². The third kappa shape index (κ3) is 2.65. The Balaban J connectivity index is 1.99. The average Bonchev–Trinajstić information content (AvgIpc) is 3.01. The van der Waals surface area contributed by atoms with Crippen molar-refractivity contribution in [1.82, 2.24) is 24.3 Å². The van der Waals surface area contributed by atoms with E-state index in [9.17, 15) is 0 Å². The van der Waals surface area contributed by atoms with Crippen LogP contribution in [-0.2, 0) is 20.0 Å². The second-order valence-corrected chi connectivity index (χ2v) is 5.96. The lowest BCUT2D eigenvalue weighted by molar-refractivity contribution is 0.662. The van der Waals surface area contributed by atoms with Crippen LogP contribution in [0.25, 0.3) is 11.2 Å². The van der Waals surface area contributed by atoms with E-state index in [1.54, 1.807) is 0 Å². The number of hydrogen-bond donors (Lipinski definition) is 0. The number of aryl methyl sites for hydroxylation is 4. The van der Waals surface area contributed by atoms with E-state index in [0.717, 1.165) is 35.5 Å². The lowest BCUT2D eigenvalue weighted by Gasteiger charge is -2.09. The van der Waals surface area contributed by atoms with Crippen LogP contribution in [0.2, 0.25) is 0 Å². The number of pyridine rings is 1. The molecule has 3 aromatic rings. The van der Waals surface area contributed by atoms with Gasteiger partial charge in [-0.3, -0.25) is 4.68 Å². The molecule has 0 fully saturated rings. The van der Waals surface area contributed by atoms with Crippen LogP contribution in [0.3, 0.4) is 0 Å². The van der Waals surface area contributed by atoms with Crippen molar-refractivity contribution in [3.05, 3.63) is 41.6 Å². The summed E-state index contributed by atoms with van der Waals surface area (Å²) in [7, 11) is 1.92. The molecule has 0 aliphatic carbocycles. The molecule has 0 spiro atoms. The highest BCUT2D eigenvalue weighted by atomic mass is 35.5. The van der Waals surface area contributed by atoms with E-state index in [-0.39, 0.29) is 5.38 Å². The summed E-state index contributed by atoms with van der Waals surface area (Å²) < 4.78 is 3.93. The Bertz CT molecular complexity index is 772. The first-order valence-electron chi connectivity index (χ1n) is 6.99. The molecule has 5 nitrogen and oxygen atoms in total. The minimum Gasteiger partial charge on any atom is -0.311 e. The van der Waals surface area contributed by atoms with Gasteiger partial charge >= 0.3 is 0 Å². The second-order valence-electron chi connectivity index (χ2n) is 5.31. The van der Waals surface area contributed by atoms with Crippen molar-refractivity contribution in [3.8, 4) is 0 Å². The summed E-state index contributed by atoms with van der Waals surface area (Å²) >= 11 is 6.29. The third-order valence-corrected chi connectivity index (χ3v) is 3.80. The minimum absolute atomic E-state index is 0.146. The number of alkyl halides is 1. The summed E-state index contributed by atoms with van der Waals surface area (Å²) in [6.07, 6.45) is 6.62. The summed E-state index contributed by atoms with van der Waals surface area (Å²) in [4.78, 5) is 9.16. The van der Waals surface area contributed by atoms with Crippen LogP contribution in [-0.4, -0.2) is 24.3 Å². The smallest absolute Gasteiger partial charge is 0.160 e. The Morgan fingerprint density at radius 1 is 1.38 bits per heavy atom. The molecule has 1 unspecified atom stereocenters. The maximum Gasteiger partial charge on any atom is 0.160 e. The van der Waals surface area contributed by atoms with Gasteiger partial charge in [-0.15, -0.1) is 11.6 Å². The molecule has 0 amide bonds. The Hall–Kier alpha value is -1.88. The van der Waals surface area contributed by atoms with Crippen LogP contribution < -0.4 is 0 Å². The van der Waals surface area contributed by atoms with Gasteiger partial charge in [0.1, 0.15) is 11.3 Å². The fraction of sp³-hybridized carbons (Fsp3) is 0.400. The van der Waals surface area contributed by atoms with E-state index in [0.29, 0.717) is 0 Å². The first-order valence-corrected chi connectivity index (χ1v) is 7.43. The molecule has 1 atom stereocenters. The number of imidazole rings is 1.